The minimum Gasteiger partial charge on any atom is -0.495 e. The fourth-order valence-corrected chi connectivity index (χ4v) is 1.78. The van der Waals surface area contributed by atoms with Gasteiger partial charge in [0.05, 0.1) is 18.9 Å². The van der Waals surface area contributed by atoms with E-state index in [1.165, 1.54) is 4.57 Å². The Balaban J connectivity index is 2.54. The van der Waals surface area contributed by atoms with Crippen LogP contribution in [0, 0.1) is 0 Å². The van der Waals surface area contributed by atoms with Crippen molar-refractivity contribution in [2.24, 2.45) is 0 Å². The lowest BCUT2D eigenvalue weighted by atomic mass is 10.0. The first-order chi connectivity index (χ1) is 8.93. The number of nitrogens with zero attached hydrogens (tertiary/aromatic N) is 2. The van der Waals surface area contributed by atoms with Gasteiger partial charge in [0.1, 0.15) is 11.6 Å². The van der Waals surface area contributed by atoms with Gasteiger partial charge in [-0.15, -0.1) is 0 Å². The van der Waals surface area contributed by atoms with Crippen molar-refractivity contribution in [1.82, 2.24) is 9.55 Å². The molecule has 2 heterocycles. The zero-order valence-corrected chi connectivity index (χ0v) is 11.1. The highest BCUT2D eigenvalue weighted by molar-refractivity contribution is 5.31. The third-order valence-electron chi connectivity index (χ3n) is 2.81. The third kappa shape index (κ3) is 2.66. The summed E-state index contributed by atoms with van der Waals surface area (Å²) in [5.74, 6) is 1.10. The van der Waals surface area contributed by atoms with E-state index in [-0.39, 0.29) is 5.56 Å². The maximum atomic E-state index is 12.3. The van der Waals surface area contributed by atoms with Gasteiger partial charge in [-0.2, -0.15) is 0 Å². The molecule has 2 rings (SSSR count). The second-order valence-corrected chi connectivity index (χ2v) is 4.71. The lowest BCUT2D eigenvalue weighted by molar-refractivity contribution is 0.0768. The topological polar surface area (TPSA) is 64.3 Å². The van der Waals surface area contributed by atoms with Gasteiger partial charge in [-0.1, -0.05) is 0 Å². The molecule has 0 radical (unpaired) electrons. The van der Waals surface area contributed by atoms with E-state index in [4.69, 9.17) is 4.74 Å². The number of aliphatic hydroxyl groups is 1. The quantitative estimate of drug-likeness (QED) is 0.907. The Hall–Kier alpha value is -2.14. The summed E-state index contributed by atoms with van der Waals surface area (Å²) < 4.78 is 6.42. The molecule has 5 nitrogen and oxygen atoms in total. The first-order valence-corrected chi connectivity index (χ1v) is 5.88. The monoisotopic (exact) mass is 260 g/mol. The summed E-state index contributed by atoms with van der Waals surface area (Å²) in [4.78, 5) is 16.5. The highest BCUT2D eigenvalue weighted by atomic mass is 16.5. The second-order valence-electron chi connectivity index (χ2n) is 4.71. The Kier molecular flexibility index (Phi) is 3.40. The summed E-state index contributed by atoms with van der Waals surface area (Å²) in [5, 5.41) is 9.97. The minimum atomic E-state index is -1.19. The Labute approximate surface area is 111 Å². The van der Waals surface area contributed by atoms with Crippen LogP contribution in [0.1, 0.15) is 19.4 Å². The molecule has 0 saturated heterocycles. The van der Waals surface area contributed by atoms with Crippen LogP contribution in [0.4, 0.5) is 0 Å². The summed E-state index contributed by atoms with van der Waals surface area (Å²) >= 11 is 0. The molecule has 0 atom stereocenters. The van der Waals surface area contributed by atoms with E-state index in [0.29, 0.717) is 17.1 Å². The molecule has 0 fully saturated rings. The second kappa shape index (κ2) is 4.85. The van der Waals surface area contributed by atoms with Gasteiger partial charge in [-0.3, -0.25) is 9.36 Å². The number of rotatable bonds is 3. The SMILES string of the molecule is COc1ccc(-n2cccc(C(C)(C)O)c2=O)nc1. The van der Waals surface area contributed by atoms with Crippen molar-refractivity contribution in [3.05, 3.63) is 52.6 Å². The molecular formula is C14H16N2O3. The Morgan fingerprint density at radius 1 is 1.32 bits per heavy atom. The van der Waals surface area contributed by atoms with E-state index in [9.17, 15) is 9.90 Å². The van der Waals surface area contributed by atoms with Crippen molar-refractivity contribution in [3.8, 4) is 11.6 Å². The van der Waals surface area contributed by atoms with Gasteiger partial charge in [0.25, 0.3) is 5.56 Å². The highest BCUT2D eigenvalue weighted by Gasteiger charge is 2.21. The molecule has 0 aliphatic carbocycles. The van der Waals surface area contributed by atoms with E-state index in [2.05, 4.69) is 4.98 Å². The summed E-state index contributed by atoms with van der Waals surface area (Å²) in [7, 11) is 1.55. The Morgan fingerprint density at radius 2 is 2.05 bits per heavy atom. The average Bonchev–Trinajstić information content (AvgIpc) is 2.38. The van der Waals surface area contributed by atoms with Crippen LogP contribution in [-0.4, -0.2) is 21.8 Å². The lowest BCUT2D eigenvalue weighted by Crippen LogP contribution is -2.31. The standard InChI is InChI=1S/C14H16N2O3/c1-14(2,18)11-5-4-8-16(13(11)17)12-7-6-10(19-3)9-15-12/h4-9,18H,1-3H3. The molecule has 2 aromatic heterocycles. The van der Waals surface area contributed by atoms with E-state index >= 15 is 0 Å². The van der Waals surface area contributed by atoms with Crippen molar-refractivity contribution in [2.45, 2.75) is 19.4 Å². The molecular weight excluding hydrogens is 244 g/mol. The third-order valence-corrected chi connectivity index (χ3v) is 2.81. The molecule has 0 aromatic carbocycles. The average molecular weight is 260 g/mol. The number of methoxy groups -OCH3 is 1. The molecule has 2 aromatic rings. The first kappa shape index (κ1) is 13.3. The highest BCUT2D eigenvalue weighted by Crippen LogP contribution is 2.16. The van der Waals surface area contributed by atoms with Crippen LogP contribution < -0.4 is 10.3 Å². The smallest absolute Gasteiger partial charge is 0.262 e. The van der Waals surface area contributed by atoms with Crippen LogP contribution in [0.25, 0.3) is 5.82 Å². The molecule has 0 saturated carbocycles. The molecule has 0 amide bonds. The normalized spacial score (nSPS) is 11.4. The fraction of sp³-hybridized carbons (Fsp3) is 0.286. The fourth-order valence-electron chi connectivity index (χ4n) is 1.78. The van der Waals surface area contributed by atoms with Crippen LogP contribution >= 0.6 is 0 Å². The van der Waals surface area contributed by atoms with Crippen molar-refractivity contribution >= 4 is 0 Å². The van der Waals surface area contributed by atoms with Crippen LogP contribution in [-0.2, 0) is 5.60 Å². The Morgan fingerprint density at radius 3 is 2.58 bits per heavy atom. The maximum Gasteiger partial charge on any atom is 0.262 e. The lowest BCUT2D eigenvalue weighted by Gasteiger charge is -2.17. The molecule has 0 spiro atoms. The molecule has 19 heavy (non-hydrogen) atoms. The zero-order chi connectivity index (χ0) is 14.0. The number of ether oxygens (including phenoxy) is 1. The summed E-state index contributed by atoms with van der Waals surface area (Å²) in [6.45, 7) is 3.16. The van der Waals surface area contributed by atoms with E-state index in [1.54, 1.807) is 57.6 Å². The van der Waals surface area contributed by atoms with Gasteiger partial charge in [-0.05, 0) is 38.1 Å². The molecule has 5 heteroatoms. The van der Waals surface area contributed by atoms with E-state index in [0.717, 1.165) is 0 Å². The van der Waals surface area contributed by atoms with Gasteiger partial charge in [0.15, 0.2) is 0 Å². The van der Waals surface area contributed by atoms with E-state index in [1.807, 2.05) is 0 Å². The molecule has 0 aliphatic rings. The van der Waals surface area contributed by atoms with Crippen molar-refractivity contribution in [3.63, 3.8) is 0 Å². The van der Waals surface area contributed by atoms with Crippen LogP contribution in [0.15, 0.2) is 41.5 Å². The Bertz CT molecular complexity index is 624. The molecule has 100 valence electrons. The van der Waals surface area contributed by atoms with Crippen LogP contribution in [0.2, 0.25) is 0 Å². The van der Waals surface area contributed by atoms with Crippen molar-refractivity contribution in [2.75, 3.05) is 7.11 Å². The molecule has 0 aliphatic heterocycles. The number of hydrogen-bond acceptors (Lipinski definition) is 4. The van der Waals surface area contributed by atoms with Crippen molar-refractivity contribution < 1.29 is 9.84 Å². The molecule has 1 N–H and O–H groups in total. The van der Waals surface area contributed by atoms with E-state index < -0.39 is 5.60 Å². The number of hydrogen-bond donors (Lipinski definition) is 1. The first-order valence-electron chi connectivity index (χ1n) is 5.88. The molecule has 0 bridgehead atoms. The predicted octanol–water partition coefficient (Wildman–Crippen LogP) is 1.47. The van der Waals surface area contributed by atoms with Gasteiger partial charge in [0.2, 0.25) is 0 Å². The maximum absolute atomic E-state index is 12.3. The summed E-state index contributed by atoms with van der Waals surface area (Å²) in [6.07, 6.45) is 3.16. The largest absolute Gasteiger partial charge is 0.495 e. The van der Waals surface area contributed by atoms with Gasteiger partial charge in [-0.25, -0.2) is 4.98 Å². The number of pyridine rings is 2. The van der Waals surface area contributed by atoms with Crippen LogP contribution in [0.3, 0.4) is 0 Å². The van der Waals surface area contributed by atoms with Gasteiger partial charge >= 0.3 is 0 Å². The van der Waals surface area contributed by atoms with Crippen LogP contribution in [0.5, 0.6) is 5.75 Å². The zero-order valence-electron chi connectivity index (χ0n) is 11.1. The predicted molar refractivity (Wildman–Crippen MR) is 71.6 cm³/mol. The van der Waals surface area contributed by atoms with Crippen molar-refractivity contribution in [1.29, 1.82) is 0 Å². The number of aromatic nitrogens is 2. The molecule has 0 unspecified atom stereocenters. The van der Waals surface area contributed by atoms with Gasteiger partial charge < -0.3 is 9.84 Å². The summed E-state index contributed by atoms with van der Waals surface area (Å²) in [6, 6.07) is 6.74. The van der Waals surface area contributed by atoms with Gasteiger partial charge in [0, 0.05) is 11.8 Å². The summed E-state index contributed by atoms with van der Waals surface area (Å²) in [5.41, 5.74) is -1.15. The minimum absolute atomic E-state index is 0.285.